The van der Waals surface area contributed by atoms with Crippen LogP contribution in [-0.2, 0) is 5.41 Å². The average Bonchev–Trinajstić information content (AvgIpc) is 2.46. The third kappa shape index (κ3) is 3.64. The number of hydrogen-bond donors (Lipinski definition) is 0. The molecule has 0 unspecified atom stereocenters. The second-order valence-electron chi connectivity index (χ2n) is 6.17. The first-order valence-corrected chi connectivity index (χ1v) is 7.31. The molecule has 2 aromatic rings. The first-order valence-electron chi connectivity index (χ1n) is 6.93. The van der Waals surface area contributed by atoms with Crippen LogP contribution in [0.1, 0.15) is 36.7 Å². The van der Waals surface area contributed by atoms with E-state index in [2.05, 4.69) is 32.9 Å². The van der Waals surface area contributed by atoms with Crippen molar-refractivity contribution < 1.29 is 4.79 Å². The van der Waals surface area contributed by atoms with Crippen molar-refractivity contribution in [1.29, 1.82) is 0 Å². The van der Waals surface area contributed by atoms with Crippen LogP contribution in [0.2, 0.25) is 5.02 Å². The van der Waals surface area contributed by atoms with E-state index >= 15 is 0 Å². The maximum absolute atomic E-state index is 12.5. The van der Waals surface area contributed by atoms with Crippen molar-refractivity contribution in [2.24, 2.45) is 0 Å². The SMILES string of the molecule is CN(C(=O)c1ccc(Cl)cc1)c1cccc(C(C)(C)C)c1. The van der Waals surface area contributed by atoms with Gasteiger partial charge in [-0.25, -0.2) is 0 Å². The maximum atomic E-state index is 12.5. The Morgan fingerprint density at radius 2 is 1.67 bits per heavy atom. The molecule has 1 amide bonds. The number of carbonyl (C=O) groups excluding carboxylic acids is 1. The molecule has 0 fully saturated rings. The second kappa shape index (κ2) is 5.90. The molecular formula is C18H20ClNO. The van der Waals surface area contributed by atoms with E-state index < -0.39 is 0 Å². The molecular weight excluding hydrogens is 282 g/mol. The molecule has 0 aliphatic rings. The van der Waals surface area contributed by atoms with Crippen LogP contribution in [0, 0.1) is 0 Å². The maximum Gasteiger partial charge on any atom is 0.258 e. The molecule has 3 heteroatoms. The Bertz CT molecular complexity index is 641. The molecule has 0 aromatic heterocycles. The molecule has 110 valence electrons. The molecule has 0 bridgehead atoms. The van der Waals surface area contributed by atoms with Crippen LogP contribution in [-0.4, -0.2) is 13.0 Å². The van der Waals surface area contributed by atoms with Crippen LogP contribution < -0.4 is 4.90 Å². The summed E-state index contributed by atoms with van der Waals surface area (Å²) in [6.07, 6.45) is 0. The highest BCUT2D eigenvalue weighted by Crippen LogP contribution is 2.26. The van der Waals surface area contributed by atoms with Crippen LogP contribution in [0.3, 0.4) is 0 Å². The number of nitrogens with zero attached hydrogens (tertiary/aromatic N) is 1. The molecule has 0 saturated heterocycles. The Morgan fingerprint density at radius 3 is 2.24 bits per heavy atom. The molecule has 2 rings (SSSR count). The van der Waals surface area contributed by atoms with E-state index in [-0.39, 0.29) is 11.3 Å². The van der Waals surface area contributed by atoms with Crippen LogP contribution in [0.4, 0.5) is 5.69 Å². The number of halogens is 1. The monoisotopic (exact) mass is 301 g/mol. The molecule has 2 aromatic carbocycles. The smallest absolute Gasteiger partial charge is 0.258 e. The van der Waals surface area contributed by atoms with E-state index in [1.165, 1.54) is 5.56 Å². The molecule has 0 aliphatic heterocycles. The summed E-state index contributed by atoms with van der Waals surface area (Å²) in [5, 5.41) is 0.629. The van der Waals surface area contributed by atoms with Crippen LogP contribution in [0.5, 0.6) is 0 Å². The first kappa shape index (κ1) is 15.6. The van der Waals surface area contributed by atoms with Gasteiger partial charge in [0.2, 0.25) is 0 Å². The molecule has 0 heterocycles. The standard InChI is InChI=1S/C18H20ClNO/c1-18(2,3)14-6-5-7-16(12-14)20(4)17(21)13-8-10-15(19)11-9-13/h5-12H,1-4H3. The van der Waals surface area contributed by atoms with E-state index in [1.54, 1.807) is 36.2 Å². The normalized spacial score (nSPS) is 11.3. The lowest BCUT2D eigenvalue weighted by Crippen LogP contribution is -2.26. The average molecular weight is 302 g/mol. The number of benzene rings is 2. The fraction of sp³-hybridized carbons (Fsp3) is 0.278. The van der Waals surface area contributed by atoms with Crippen molar-refractivity contribution in [3.05, 3.63) is 64.7 Å². The van der Waals surface area contributed by atoms with E-state index in [1.807, 2.05) is 12.1 Å². The van der Waals surface area contributed by atoms with Gasteiger partial charge in [-0.2, -0.15) is 0 Å². The van der Waals surface area contributed by atoms with Crippen molar-refractivity contribution in [2.75, 3.05) is 11.9 Å². The summed E-state index contributed by atoms with van der Waals surface area (Å²) >= 11 is 5.86. The van der Waals surface area contributed by atoms with E-state index in [4.69, 9.17) is 11.6 Å². The lowest BCUT2D eigenvalue weighted by molar-refractivity contribution is 0.0993. The van der Waals surface area contributed by atoms with Gasteiger partial charge in [-0.3, -0.25) is 4.79 Å². The van der Waals surface area contributed by atoms with Crippen LogP contribution in [0.15, 0.2) is 48.5 Å². The third-order valence-corrected chi connectivity index (χ3v) is 3.75. The Balaban J connectivity index is 2.29. The largest absolute Gasteiger partial charge is 0.311 e. The van der Waals surface area contributed by atoms with Gasteiger partial charge in [0.05, 0.1) is 0 Å². The lowest BCUT2D eigenvalue weighted by Gasteiger charge is -2.23. The summed E-state index contributed by atoms with van der Waals surface area (Å²) in [6, 6.07) is 15.0. The topological polar surface area (TPSA) is 20.3 Å². The van der Waals surface area contributed by atoms with Gasteiger partial charge in [0, 0.05) is 23.3 Å². The highest BCUT2D eigenvalue weighted by molar-refractivity contribution is 6.30. The van der Waals surface area contributed by atoms with Crippen LogP contribution >= 0.6 is 11.6 Å². The second-order valence-corrected chi connectivity index (χ2v) is 6.61. The predicted molar refractivity (Wildman–Crippen MR) is 89.3 cm³/mol. The number of carbonyl (C=O) groups is 1. The summed E-state index contributed by atoms with van der Waals surface area (Å²) in [6.45, 7) is 6.48. The number of rotatable bonds is 2. The fourth-order valence-corrected chi connectivity index (χ4v) is 2.21. The molecule has 0 spiro atoms. The van der Waals surface area contributed by atoms with E-state index in [0.717, 1.165) is 5.69 Å². The number of anilines is 1. The van der Waals surface area contributed by atoms with Crippen molar-refractivity contribution in [3.63, 3.8) is 0 Å². The van der Waals surface area contributed by atoms with Crippen molar-refractivity contribution in [1.82, 2.24) is 0 Å². The van der Waals surface area contributed by atoms with Crippen molar-refractivity contribution >= 4 is 23.2 Å². The minimum absolute atomic E-state index is 0.0438. The molecule has 0 radical (unpaired) electrons. The van der Waals surface area contributed by atoms with Crippen molar-refractivity contribution in [3.8, 4) is 0 Å². The number of hydrogen-bond acceptors (Lipinski definition) is 1. The summed E-state index contributed by atoms with van der Waals surface area (Å²) in [4.78, 5) is 14.2. The Labute approximate surface area is 131 Å². The number of amides is 1. The van der Waals surface area contributed by atoms with Gasteiger partial charge in [-0.1, -0.05) is 44.5 Å². The molecule has 2 nitrogen and oxygen atoms in total. The minimum Gasteiger partial charge on any atom is -0.311 e. The lowest BCUT2D eigenvalue weighted by atomic mass is 9.87. The van der Waals surface area contributed by atoms with Gasteiger partial charge < -0.3 is 4.90 Å². The zero-order chi connectivity index (χ0) is 15.6. The summed E-state index contributed by atoms with van der Waals surface area (Å²) in [5.41, 5.74) is 2.78. The zero-order valence-corrected chi connectivity index (χ0v) is 13.6. The Morgan fingerprint density at radius 1 is 1.05 bits per heavy atom. The molecule has 21 heavy (non-hydrogen) atoms. The van der Waals surface area contributed by atoms with Gasteiger partial charge in [0.15, 0.2) is 0 Å². The molecule has 0 aliphatic carbocycles. The Hall–Kier alpha value is -1.80. The summed E-state index contributed by atoms with van der Waals surface area (Å²) < 4.78 is 0. The predicted octanol–water partition coefficient (Wildman–Crippen LogP) is 4.91. The van der Waals surface area contributed by atoms with Gasteiger partial charge in [0.1, 0.15) is 0 Å². The third-order valence-electron chi connectivity index (χ3n) is 3.50. The highest BCUT2D eigenvalue weighted by atomic mass is 35.5. The first-order chi connectivity index (χ1) is 9.79. The van der Waals surface area contributed by atoms with E-state index in [0.29, 0.717) is 10.6 Å². The van der Waals surface area contributed by atoms with Crippen molar-refractivity contribution in [2.45, 2.75) is 26.2 Å². The highest BCUT2D eigenvalue weighted by Gasteiger charge is 2.17. The molecule has 0 N–H and O–H groups in total. The Kier molecular flexibility index (Phi) is 4.38. The van der Waals surface area contributed by atoms with Gasteiger partial charge >= 0.3 is 0 Å². The summed E-state index contributed by atoms with van der Waals surface area (Å²) in [7, 11) is 1.79. The fourth-order valence-electron chi connectivity index (χ4n) is 2.08. The summed E-state index contributed by atoms with van der Waals surface area (Å²) in [5.74, 6) is -0.0438. The van der Waals surface area contributed by atoms with Gasteiger partial charge in [-0.05, 0) is 47.4 Å². The zero-order valence-electron chi connectivity index (χ0n) is 12.9. The molecule has 0 saturated carbocycles. The van der Waals surface area contributed by atoms with Gasteiger partial charge in [-0.15, -0.1) is 0 Å². The van der Waals surface area contributed by atoms with E-state index in [9.17, 15) is 4.79 Å². The van der Waals surface area contributed by atoms with Gasteiger partial charge in [0.25, 0.3) is 5.91 Å². The quantitative estimate of drug-likeness (QED) is 0.771. The van der Waals surface area contributed by atoms with Crippen LogP contribution in [0.25, 0.3) is 0 Å². The molecule has 0 atom stereocenters. The minimum atomic E-state index is -0.0438.